The molecule has 0 amide bonds. The van der Waals surface area contributed by atoms with Crippen molar-refractivity contribution in [3.05, 3.63) is 47.1 Å². The third-order valence-corrected chi connectivity index (χ3v) is 5.02. The summed E-state index contributed by atoms with van der Waals surface area (Å²) in [6.45, 7) is 0.0118. The van der Waals surface area contributed by atoms with Crippen LogP contribution < -0.4 is 11.2 Å². The van der Waals surface area contributed by atoms with Crippen LogP contribution in [0.1, 0.15) is 10.6 Å². The lowest BCUT2D eigenvalue weighted by Crippen LogP contribution is -2.41. The minimum absolute atomic E-state index is 0.0118. The van der Waals surface area contributed by atoms with E-state index in [4.69, 9.17) is 4.74 Å². The molecule has 0 spiro atoms. The quantitative estimate of drug-likeness (QED) is 0.722. The summed E-state index contributed by atoms with van der Waals surface area (Å²) in [6, 6.07) is 0.251. The SMILES string of the molecule is COCc1sc(F)c(-n2c(=O)cc(C(F)(F)F)n(C)c2=O)c1Br. The molecule has 0 saturated heterocycles. The number of nitrogens with zero attached hydrogens (tertiary/aromatic N) is 2. The van der Waals surface area contributed by atoms with Gasteiger partial charge in [-0.05, 0) is 15.9 Å². The molecule has 0 radical (unpaired) electrons. The number of hydrogen-bond acceptors (Lipinski definition) is 4. The summed E-state index contributed by atoms with van der Waals surface area (Å²) < 4.78 is 58.1. The van der Waals surface area contributed by atoms with Gasteiger partial charge in [-0.25, -0.2) is 9.36 Å². The van der Waals surface area contributed by atoms with Crippen LogP contribution >= 0.6 is 27.3 Å². The number of methoxy groups -OCH3 is 1. The summed E-state index contributed by atoms with van der Waals surface area (Å²) in [7, 11) is 2.22. The molecule has 2 heterocycles. The largest absolute Gasteiger partial charge is 0.431 e. The van der Waals surface area contributed by atoms with Crippen molar-refractivity contribution in [2.45, 2.75) is 12.8 Å². The molecule has 0 saturated carbocycles. The van der Waals surface area contributed by atoms with Gasteiger partial charge in [0.25, 0.3) is 5.56 Å². The van der Waals surface area contributed by atoms with Crippen LogP contribution in [0.3, 0.4) is 0 Å². The van der Waals surface area contributed by atoms with Crippen molar-refractivity contribution in [1.82, 2.24) is 9.13 Å². The van der Waals surface area contributed by atoms with Gasteiger partial charge in [-0.3, -0.25) is 9.36 Å². The minimum atomic E-state index is -4.88. The van der Waals surface area contributed by atoms with Gasteiger partial charge in [0.15, 0.2) is 0 Å². The number of thiophene rings is 1. The number of ether oxygens (including phenoxy) is 1. The highest BCUT2D eigenvalue weighted by Crippen LogP contribution is 2.34. The van der Waals surface area contributed by atoms with Crippen molar-refractivity contribution in [2.75, 3.05) is 7.11 Å². The summed E-state index contributed by atoms with van der Waals surface area (Å²) in [5, 5.41) is -0.886. The van der Waals surface area contributed by atoms with E-state index in [0.29, 0.717) is 20.8 Å². The third kappa shape index (κ3) is 3.12. The van der Waals surface area contributed by atoms with Crippen LogP contribution in [0.4, 0.5) is 17.6 Å². The maximum atomic E-state index is 14.1. The molecule has 2 aromatic heterocycles. The zero-order chi connectivity index (χ0) is 17.5. The first-order valence-corrected chi connectivity index (χ1v) is 7.56. The molecule has 23 heavy (non-hydrogen) atoms. The molecule has 0 bridgehead atoms. The first kappa shape index (κ1) is 17.9. The molecule has 11 heteroatoms. The van der Waals surface area contributed by atoms with Gasteiger partial charge < -0.3 is 4.74 Å². The summed E-state index contributed by atoms with van der Waals surface area (Å²) in [5.41, 5.74) is -4.41. The molecular formula is C12H9BrF4N2O3S. The monoisotopic (exact) mass is 416 g/mol. The molecular weight excluding hydrogens is 408 g/mol. The Morgan fingerprint density at radius 3 is 2.48 bits per heavy atom. The maximum absolute atomic E-state index is 14.1. The fourth-order valence-electron chi connectivity index (χ4n) is 1.93. The molecule has 0 unspecified atom stereocenters. The molecule has 0 aliphatic carbocycles. The second-order valence-electron chi connectivity index (χ2n) is 4.44. The first-order valence-electron chi connectivity index (χ1n) is 5.95. The van der Waals surface area contributed by atoms with Crippen LogP contribution in [0.2, 0.25) is 0 Å². The van der Waals surface area contributed by atoms with Crippen molar-refractivity contribution in [1.29, 1.82) is 0 Å². The molecule has 0 fully saturated rings. The second kappa shape index (κ2) is 6.21. The van der Waals surface area contributed by atoms with Gasteiger partial charge >= 0.3 is 11.9 Å². The van der Waals surface area contributed by atoms with E-state index >= 15 is 0 Å². The van der Waals surface area contributed by atoms with Gasteiger partial charge in [-0.1, -0.05) is 0 Å². The highest BCUT2D eigenvalue weighted by molar-refractivity contribution is 9.10. The van der Waals surface area contributed by atoms with Crippen LogP contribution in [-0.4, -0.2) is 16.2 Å². The van der Waals surface area contributed by atoms with E-state index in [0.717, 1.165) is 7.05 Å². The average Bonchev–Trinajstić information content (AvgIpc) is 2.70. The van der Waals surface area contributed by atoms with Gasteiger partial charge in [0, 0.05) is 25.1 Å². The highest BCUT2D eigenvalue weighted by Gasteiger charge is 2.35. The summed E-state index contributed by atoms with van der Waals surface area (Å²) in [4.78, 5) is 24.5. The predicted octanol–water partition coefficient (Wildman–Crippen LogP) is 2.66. The van der Waals surface area contributed by atoms with E-state index in [9.17, 15) is 27.2 Å². The Bertz CT molecular complexity index is 869. The van der Waals surface area contributed by atoms with Gasteiger partial charge in [0.1, 0.15) is 11.4 Å². The topological polar surface area (TPSA) is 53.2 Å². The van der Waals surface area contributed by atoms with Gasteiger partial charge in [0.2, 0.25) is 5.13 Å². The molecule has 0 aromatic carbocycles. The number of hydrogen-bond donors (Lipinski definition) is 0. The Balaban J connectivity index is 2.80. The van der Waals surface area contributed by atoms with E-state index in [1.807, 2.05) is 0 Å². The van der Waals surface area contributed by atoms with Gasteiger partial charge in [-0.15, -0.1) is 11.3 Å². The van der Waals surface area contributed by atoms with E-state index in [1.54, 1.807) is 0 Å². The smallest absolute Gasteiger partial charge is 0.379 e. The maximum Gasteiger partial charge on any atom is 0.431 e. The van der Waals surface area contributed by atoms with E-state index in [1.165, 1.54) is 7.11 Å². The Morgan fingerprint density at radius 2 is 1.96 bits per heavy atom. The fourth-order valence-corrected chi connectivity index (χ4v) is 3.64. The van der Waals surface area contributed by atoms with Crippen LogP contribution in [0.25, 0.3) is 5.69 Å². The minimum Gasteiger partial charge on any atom is -0.379 e. The second-order valence-corrected chi connectivity index (χ2v) is 6.29. The van der Waals surface area contributed by atoms with Crippen molar-refractivity contribution < 1.29 is 22.3 Å². The van der Waals surface area contributed by atoms with Crippen LogP contribution in [0, 0.1) is 5.13 Å². The van der Waals surface area contributed by atoms with Crippen LogP contribution in [0.5, 0.6) is 0 Å². The summed E-state index contributed by atoms with van der Waals surface area (Å²) in [5.74, 6) is 0. The Hall–Kier alpha value is -1.46. The highest BCUT2D eigenvalue weighted by atomic mass is 79.9. The van der Waals surface area contributed by atoms with Crippen LogP contribution in [-0.2, 0) is 24.6 Å². The number of halogens is 5. The van der Waals surface area contributed by atoms with Crippen molar-refractivity contribution >= 4 is 27.3 Å². The van der Waals surface area contributed by atoms with Crippen molar-refractivity contribution in [3.8, 4) is 5.69 Å². The van der Waals surface area contributed by atoms with Crippen molar-refractivity contribution in [3.63, 3.8) is 0 Å². The van der Waals surface area contributed by atoms with Crippen molar-refractivity contribution in [2.24, 2.45) is 7.05 Å². The fraction of sp³-hybridized carbons (Fsp3) is 0.333. The number of aromatic nitrogens is 2. The standard InChI is InChI=1S/C12H9BrF4N2O3S/c1-18-6(12(15,16)17)3-7(20)19(11(18)21)9-8(13)5(4-22-2)23-10(9)14/h3H,4H2,1-2H3. The number of rotatable bonds is 3. The third-order valence-electron chi connectivity index (χ3n) is 2.96. The lowest BCUT2D eigenvalue weighted by atomic mass is 10.3. The Labute approximate surface area is 138 Å². The summed E-state index contributed by atoms with van der Waals surface area (Å²) in [6.07, 6.45) is -4.88. The van der Waals surface area contributed by atoms with Gasteiger partial charge in [0.05, 0.1) is 11.1 Å². The van der Waals surface area contributed by atoms with E-state index in [2.05, 4.69) is 15.9 Å². The molecule has 2 aromatic rings. The predicted molar refractivity (Wildman–Crippen MR) is 78.5 cm³/mol. The molecule has 2 rings (SSSR count). The molecule has 0 aliphatic heterocycles. The van der Waals surface area contributed by atoms with E-state index < -0.39 is 33.9 Å². The van der Waals surface area contributed by atoms with Crippen LogP contribution in [0.15, 0.2) is 20.1 Å². The molecule has 0 atom stereocenters. The Kier molecular flexibility index (Phi) is 4.83. The molecule has 126 valence electrons. The Morgan fingerprint density at radius 1 is 1.35 bits per heavy atom. The molecule has 0 N–H and O–H groups in total. The van der Waals surface area contributed by atoms with Gasteiger partial charge in [-0.2, -0.15) is 17.6 Å². The molecule has 0 aliphatic rings. The first-order chi connectivity index (χ1) is 10.6. The average molecular weight is 417 g/mol. The zero-order valence-electron chi connectivity index (χ0n) is 11.7. The number of alkyl halides is 3. The summed E-state index contributed by atoms with van der Waals surface area (Å²) >= 11 is 3.68. The lowest BCUT2D eigenvalue weighted by Gasteiger charge is -2.13. The lowest BCUT2D eigenvalue weighted by molar-refractivity contribution is -0.144. The van der Waals surface area contributed by atoms with E-state index in [-0.39, 0.29) is 21.7 Å². The molecule has 5 nitrogen and oxygen atoms in total. The normalized spacial score (nSPS) is 12.0. The zero-order valence-corrected chi connectivity index (χ0v) is 14.1.